The molecule has 0 spiro atoms. The van der Waals surface area contributed by atoms with Crippen molar-refractivity contribution in [2.45, 2.75) is 19.8 Å². The predicted octanol–water partition coefficient (Wildman–Crippen LogP) is 2.98. The van der Waals surface area contributed by atoms with Crippen LogP contribution >= 0.6 is 15.9 Å². The van der Waals surface area contributed by atoms with Crippen LogP contribution in [-0.4, -0.2) is 6.61 Å². The molecule has 0 aromatic heterocycles. The monoisotopic (exact) mass is 202 g/mol. The van der Waals surface area contributed by atoms with Crippen LogP contribution in [0.2, 0.25) is 0 Å². The van der Waals surface area contributed by atoms with Crippen molar-refractivity contribution in [3.63, 3.8) is 0 Å². The topological polar surface area (TPSA) is 9.23 Å². The van der Waals surface area contributed by atoms with Gasteiger partial charge in [-0.3, -0.25) is 0 Å². The van der Waals surface area contributed by atoms with E-state index in [1.54, 1.807) is 0 Å². The van der Waals surface area contributed by atoms with Gasteiger partial charge in [0.15, 0.2) is 0 Å². The highest BCUT2D eigenvalue weighted by Crippen LogP contribution is 2.22. The van der Waals surface area contributed by atoms with E-state index >= 15 is 0 Å². The van der Waals surface area contributed by atoms with Gasteiger partial charge in [0, 0.05) is 6.42 Å². The lowest BCUT2D eigenvalue weighted by Crippen LogP contribution is -1.94. The standard InChI is InChI=1S/C8H11BrO/c1-2-10-8-5-3-7(9)4-6-8/h3,5H,2,4,6H2,1H3. The first kappa shape index (κ1) is 7.86. The highest BCUT2D eigenvalue weighted by atomic mass is 79.9. The Morgan fingerprint density at radius 3 is 2.80 bits per heavy atom. The van der Waals surface area contributed by atoms with Crippen molar-refractivity contribution in [3.05, 3.63) is 22.4 Å². The van der Waals surface area contributed by atoms with Gasteiger partial charge in [-0.25, -0.2) is 0 Å². The third-order valence-corrected chi connectivity index (χ3v) is 2.05. The second kappa shape index (κ2) is 3.81. The van der Waals surface area contributed by atoms with Crippen molar-refractivity contribution < 1.29 is 4.74 Å². The minimum Gasteiger partial charge on any atom is -0.498 e. The summed E-state index contributed by atoms with van der Waals surface area (Å²) < 4.78 is 6.59. The van der Waals surface area contributed by atoms with Crippen LogP contribution in [0.1, 0.15) is 19.8 Å². The van der Waals surface area contributed by atoms with E-state index in [2.05, 4.69) is 22.0 Å². The quantitative estimate of drug-likeness (QED) is 0.670. The highest BCUT2D eigenvalue weighted by molar-refractivity contribution is 9.11. The lowest BCUT2D eigenvalue weighted by Gasteiger charge is -2.10. The zero-order chi connectivity index (χ0) is 7.40. The van der Waals surface area contributed by atoms with Gasteiger partial charge < -0.3 is 4.74 Å². The molecule has 0 unspecified atom stereocenters. The van der Waals surface area contributed by atoms with E-state index in [-0.39, 0.29) is 0 Å². The fourth-order valence-corrected chi connectivity index (χ4v) is 1.23. The number of ether oxygens (including phenoxy) is 1. The number of rotatable bonds is 2. The molecule has 0 aromatic rings. The van der Waals surface area contributed by atoms with Gasteiger partial charge in [-0.05, 0) is 30.0 Å². The lowest BCUT2D eigenvalue weighted by molar-refractivity contribution is 0.218. The van der Waals surface area contributed by atoms with Crippen molar-refractivity contribution in [2.75, 3.05) is 6.61 Å². The average Bonchev–Trinajstić information content (AvgIpc) is 1.95. The second-order valence-electron chi connectivity index (χ2n) is 2.18. The summed E-state index contributed by atoms with van der Waals surface area (Å²) in [5, 5.41) is 0. The Morgan fingerprint density at radius 2 is 2.30 bits per heavy atom. The van der Waals surface area contributed by atoms with Crippen LogP contribution in [0.5, 0.6) is 0 Å². The van der Waals surface area contributed by atoms with Gasteiger partial charge in [0.2, 0.25) is 0 Å². The average molecular weight is 203 g/mol. The molecule has 0 atom stereocenters. The Bertz CT molecular complexity index is 166. The van der Waals surface area contributed by atoms with Crippen LogP contribution in [0.25, 0.3) is 0 Å². The van der Waals surface area contributed by atoms with E-state index in [1.807, 2.05) is 13.0 Å². The van der Waals surface area contributed by atoms with Crippen LogP contribution in [-0.2, 0) is 4.74 Å². The predicted molar refractivity (Wildman–Crippen MR) is 46.0 cm³/mol. The largest absolute Gasteiger partial charge is 0.498 e. The molecule has 1 aliphatic rings. The molecule has 2 heteroatoms. The maximum Gasteiger partial charge on any atom is 0.0963 e. The van der Waals surface area contributed by atoms with Crippen LogP contribution in [0.15, 0.2) is 22.4 Å². The Morgan fingerprint density at radius 1 is 1.50 bits per heavy atom. The summed E-state index contributed by atoms with van der Waals surface area (Å²) in [4.78, 5) is 0. The Balaban J connectivity index is 2.47. The summed E-state index contributed by atoms with van der Waals surface area (Å²) in [6.07, 6.45) is 6.18. The fraction of sp³-hybridized carbons (Fsp3) is 0.500. The summed E-state index contributed by atoms with van der Waals surface area (Å²) in [6, 6.07) is 0. The Hall–Kier alpha value is -0.240. The number of halogens is 1. The SMILES string of the molecule is CCOC1=CC=C(Br)CC1. The van der Waals surface area contributed by atoms with Crippen LogP contribution in [0.4, 0.5) is 0 Å². The zero-order valence-corrected chi connectivity index (χ0v) is 7.65. The van der Waals surface area contributed by atoms with E-state index in [0.29, 0.717) is 0 Å². The molecule has 56 valence electrons. The molecule has 0 aromatic carbocycles. The first-order valence-corrected chi connectivity index (χ1v) is 4.30. The molecule has 1 nitrogen and oxygen atoms in total. The molecule has 0 amide bonds. The smallest absolute Gasteiger partial charge is 0.0963 e. The summed E-state index contributed by atoms with van der Waals surface area (Å²) in [6.45, 7) is 2.78. The van der Waals surface area contributed by atoms with E-state index in [0.717, 1.165) is 25.2 Å². The fourth-order valence-electron chi connectivity index (χ4n) is 0.898. The molecule has 1 aliphatic carbocycles. The van der Waals surface area contributed by atoms with Crippen LogP contribution < -0.4 is 0 Å². The Labute approximate surface area is 69.9 Å². The minimum atomic E-state index is 0.775. The summed E-state index contributed by atoms with van der Waals surface area (Å²) in [5.41, 5.74) is 0. The normalized spacial score (nSPS) is 17.8. The van der Waals surface area contributed by atoms with E-state index in [1.165, 1.54) is 4.48 Å². The molecule has 0 N–H and O–H groups in total. The molecule has 1 rings (SSSR count). The first-order valence-electron chi connectivity index (χ1n) is 3.51. The molecule has 0 aliphatic heterocycles. The minimum absolute atomic E-state index is 0.775. The lowest BCUT2D eigenvalue weighted by atomic mass is 10.2. The Kier molecular flexibility index (Phi) is 3.00. The first-order chi connectivity index (χ1) is 4.83. The van der Waals surface area contributed by atoms with Gasteiger partial charge in [-0.15, -0.1) is 0 Å². The molecule has 0 bridgehead atoms. The third-order valence-electron chi connectivity index (χ3n) is 1.39. The van der Waals surface area contributed by atoms with Crippen molar-refractivity contribution in [3.8, 4) is 0 Å². The summed E-state index contributed by atoms with van der Waals surface area (Å²) in [5.74, 6) is 1.10. The van der Waals surface area contributed by atoms with E-state index < -0.39 is 0 Å². The van der Waals surface area contributed by atoms with Crippen molar-refractivity contribution >= 4 is 15.9 Å². The maximum atomic E-state index is 5.33. The van der Waals surface area contributed by atoms with Crippen LogP contribution in [0.3, 0.4) is 0 Å². The molecule has 0 saturated carbocycles. The number of hydrogen-bond donors (Lipinski definition) is 0. The molecular formula is C8H11BrO. The van der Waals surface area contributed by atoms with Crippen molar-refractivity contribution in [1.82, 2.24) is 0 Å². The van der Waals surface area contributed by atoms with E-state index in [9.17, 15) is 0 Å². The molecule has 10 heavy (non-hydrogen) atoms. The summed E-state index contributed by atoms with van der Waals surface area (Å²) in [7, 11) is 0. The van der Waals surface area contributed by atoms with Gasteiger partial charge in [-0.1, -0.05) is 15.9 Å². The molecule has 0 heterocycles. The number of allylic oxidation sites excluding steroid dienone is 4. The van der Waals surface area contributed by atoms with Gasteiger partial charge in [0.25, 0.3) is 0 Å². The van der Waals surface area contributed by atoms with Gasteiger partial charge >= 0.3 is 0 Å². The molecule has 0 saturated heterocycles. The van der Waals surface area contributed by atoms with Crippen molar-refractivity contribution in [1.29, 1.82) is 0 Å². The molecule has 0 radical (unpaired) electrons. The van der Waals surface area contributed by atoms with Crippen molar-refractivity contribution in [2.24, 2.45) is 0 Å². The zero-order valence-electron chi connectivity index (χ0n) is 6.06. The third kappa shape index (κ3) is 2.18. The van der Waals surface area contributed by atoms with Gasteiger partial charge in [0.05, 0.1) is 12.4 Å². The molecular weight excluding hydrogens is 192 g/mol. The van der Waals surface area contributed by atoms with Crippen LogP contribution in [0, 0.1) is 0 Å². The van der Waals surface area contributed by atoms with Gasteiger partial charge in [0.1, 0.15) is 0 Å². The van der Waals surface area contributed by atoms with E-state index in [4.69, 9.17) is 4.74 Å². The maximum absolute atomic E-state index is 5.33. The highest BCUT2D eigenvalue weighted by Gasteiger charge is 2.03. The second-order valence-corrected chi connectivity index (χ2v) is 3.20. The molecule has 0 fully saturated rings. The number of hydrogen-bond acceptors (Lipinski definition) is 1. The van der Waals surface area contributed by atoms with Gasteiger partial charge in [-0.2, -0.15) is 0 Å². The summed E-state index contributed by atoms with van der Waals surface area (Å²) >= 11 is 3.43.